The molecule has 20 heavy (non-hydrogen) atoms. The van der Waals surface area contributed by atoms with Gasteiger partial charge in [-0.25, -0.2) is 0 Å². The van der Waals surface area contributed by atoms with Gasteiger partial charge in [0.15, 0.2) is 0 Å². The molecule has 3 heteroatoms. The number of nitrogens with zero attached hydrogens (tertiary/aromatic N) is 1. The van der Waals surface area contributed by atoms with Crippen molar-refractivity contribution in [3.8, 4) is 0 Å². The molecule has 2 N–H and O–H groups in total. The van der Waals surface area contributed by atoms with Crippen molar-refractivity contribution in [2.45, 2.75) is 53.5 Å². The minimum Gasteiger partial charge on any atom is -0.334 e. The first-order chi connectivity index (χ1) is 9.46. The van der Waals surface area contributed by atoms with Gasteiger partial charge in [-0.3, -0.25) is 4.79 Å². The van der Waals surface area contributed by atoms with Gasteiger partial charge in [-0.15, -0.1) is 0 Å². The van der Waals surface area contributed by atoms with Crippen LogP contribution in [0.15, 0.2) is 12.1 Å². The second-order valence-electron chi connectivity index (χ2n) is 5.53. The molecule has 0 aliphatic rings. The number of aryl methyl sites for hydroxylation is 3. The third-order valence-corrected chi connectivity index (χ3v) is 3.91. The van der Waals surface area contributed by atoms with Crippen molar-refractivity contribution in [2.75, 3.05) is 13.1 Å². The van der Waals surface area contributed by atoms with Crippen LogP contribution in [0, 0.1) is 20.8 Å². The Kier molecular flexibility index (Phi) is 6.21. The van der Waals surface area contributed by atoms with Crippen molar-refractivity contribution in [1.29, 1.82) is 0 Å². The largest absolute Gasteiger partial charge is 0.334 e. The number of carbonyl (C=O) groups is 1. The van der Waals surface area contributed by atoms with E-state index in [2.05, 4.69) is 32.9 Å². The van der Waals surface area contributed by atoms with Crippen LogP contribution in [0.5, 0.6) is 0 Å². The molecule has 1 rings (SSSR count). The molecule has 0 atom stereocenters. The Balaban J connectivity index is 3.19. The molecule has 0 aliphatic carbocycles. The lowest BCUT2D eigenvalue weighted by Gasteiger charge is -2.31. The monoisotopic (exact) mass is 276 g/mol. The van der Waals surface area contributed by atoms with Gasteiger partial charge in [0.05, 0.1) is 0 Å². The molecular formula is C17H28N2O. The molecule has 0 bridgehead atoms. The summed E-state index contributed by atoms with van der Waals surface area (Å²) in [7, 11) is 0. The molecule has 0 saturated heterocycles. The van der Waals surface area contributed by atoms with E-state index in [1.165, 1.54) is 5.56 Å². The van der Waals surface area contributed by atoms with E-state index in [0.717, 1.165) is 29.5 Å². The molecule has 1 aromatic carbocycles. The minimum absolute atomic E-state index is 0.124. The number of hydrogen-bond acceptors (Lipinski definition) is 2. The van der Waals surface area contributed by atoms with Gasteiger partial charge < -0.3 is 10.6 Å². The van der Waals surface area contributed by atoms with Gasteiger partial charge >= 0.3 is 0 Å². The predicted molar refractivity (Wildman–Crippen MR) is 85.1 cm³/mol. The fourth-order valence-electron chi connectivity index (χ4n) is 2.98. The van der Waals surface area contributed by atoms with E-state index in [4.69, 9.17) is 5.73 Å². The zero-order valence-corrected chi connectivity index (χ0v) is 13.5. The molecule has 0 aliphatic heterocycles. The van der Waals surface area contributed by atoms with Gasteiger partial charge in [0.1, 0.15) is 0 Å². The van der Waals surface area contributed by atoms with E-state index in [1.54, 1.807) is 0 Å². The van der Waals surface area contributed by atoms with Gasteiger partial charge in [-0.2, -0.15) is 0 Å². The zero-order valence-electron chi connectivity index (χ0n) is 13.5. The second kappa shape index (κ2) is 7.44. The van der Waals surface area contributed by atoms with Crippen LogP contribution in [-0.2, 0) is 0 Å². The van der Waals surface area contributed by atoms with Crippen LogP contribution in [-0.4, -0.2) is 29.9 Å². The van der Waals surface area contributed by atoms with Crippen LogP contribution in [0.4, 0.5) is 0 Å². The Hall–Kier alpha value is -1.35. The van der Waals surface area contributed by atoms with Crippen LogP contribution in [0.2, 0.25) is 0 Å². The standard InChI is InChI=1S/C17H28N2O/c1-6-15(7-2)19(9-8-18)17(20)16-13(4)10-12(3)11-14(16)5/h10-11,15H,6-9,18H2,1-5H3. The molecule has 1 amide bonds. The summed E-state index contributed by atoms with van der Waals surface area (Å²) in [6.45, 7) is 11.5. The molecule has 0 fully saturated rings. The first-order valence-electron chi connectivity index (χ1n) is 7.55. The molecule has 3 nitrogen and oxygen atoms in total. The summed E-state index contributed by atoms with van der Waals surface area (Å²) in [5, 5.41) is 0. The van der Waals surface area contributed by atoms with E-state index in [1.807, 2.05) is 18.7 Å². The van der Waals surface area contributed by atoms with Crippen LogP contribution < -0.4 is 5.73 Å². The van der Waals surface area contributed by atoms with E-state index in [-0.39, 0.29) is 11.9 Å². The number of rotatable bonds is 6. The van der Waals surface area contributed by atoms with Gasteiger partial charge in [-0.1, -0.05) is 31.5 Å². The normalized spacial score (nSPS) is 10.9. The summed E-state index contributed by atoms with van der Waals surface area (Å²) in [6, 6.07) is 4.42. The maximum atomic E-state index is 12.9. The van der Waals surface area contributed by atoms with Crippen molar-refractivity contribution >= 4 is 5.91 Å². The number of amides is 1. The Morgan fingerprint density at radius 3 is 2.05 bits per heavy atom. The molecule has 1 aromatic rings. The SMILES string of the molecule is CCC(CC)N(CCN)C(=O)c1c(C)cc(C)cc1C. The molecule has 0 saturated carbocycles. The maximum absolute atomic E-state index is 12.9. The Bertz CT molecular complexity index is 441. The molecule has 0 spiro atoms. The van der Waals surface area contributed by atoms with E-state index in [9.17, 15) is 4.79 Å². The first-order valence-corrected chi connectivity index (χ1v) is 7.55. The fraction of sp³-hybridized carbons (Fsp3) is 0.588. The van der Waals surface area contributed by atoms with Crippen LogP contribution in [0.1, 0.15) is 53.7 Å². The summed E-state index contributed by atoms with van der Waals surface area (Å²) >= 11 is 0. The summed E-state index contributed by atoms with van der Waals surface area (Å²) < 4.78 is 0. The van der Waals surface area contributed by atoms with Crippen molar-refractivity contribution in [3.05, 3.63) is 34.4 Å². The minimum atomic E-state index is 0.124. The number of benzene rings is 1. The molecule has 0 heterocycles. The highest BCUT2D eigenvalue weighted by molar-refractivity contribution is 5.97. The lowest BCUT2D eigenvalue weighted by Crippen LogP contribution is -2.43. The molecular weight excluding hydrogens is 248 g/mol. The van der Waals surface area contributed by atoms with Crippen molar-refractivity contribution in [2.24, 2.45) is 5.73 Å². The van der Waals surface area contributed by atoms with Crippen molar-refractivity contribution < 1.29 is 4.79 Å². The van der Waals surface area contributed by atoms with Gasteiger partial charge in [-0.05, 0) is 44.7 Å². The molecule has 112 valence electrons. The average Bonchev–Trinajstić information content (AvgIpc) is 2.37. The predicted octanol–water partition coefficient (Wildman–Crippen LogP) is 3.20. The average molecular weight is 276 g/mol. The smallest absolute Gasteiger partial charge is 0.254 e. The Morgan fingerprint density at radius 1 is 1.15 bits per heavy atom. The topological polar surface area (TPSA) is 46.3 Å². The second-order valence-corrected chi connectivity index (χ2v) is 5.53. The highest BCUT2D eigenvalue weighted by Gasteiger charge is 2.24. The molecule has 0 aromatic heterocycles. The lowest BCUT2D eigenvalue weighted by atomic mass is 9.97. The third kappa shape index (κ3) is 3.60. The summed E-state index contributed by atoms with van der Waals surface area (Å²) in [6.07, 6.45) is 1.93. The van der Waals surface area contributed by atoms with Crippen molar-refractivity contribution in [3.63, 3.8) is 0 Å². The van der Waals surface area contributed by atoms with E-state index >= 15 is 0 Å². The Morgan fingerprint density at radius 2 is 1.65 bits per heavy atom. The van der Waals surface area contributed by atoms with Gasteiger partial charge in [0.2, 0.25) is 0 Å². The van der Waals surface area contributed by atoms with Crippen molar-refractivity contribution in [1.82, 2.24) is 4.90 Å². The van der Waals surface area contributed by atoms with Crippen LogP contribution >= 0.6 is 0 Å². The zero-order chi connectivity index (χ0) is 15.3. The summed E-state index contributed by atoms with van der Waals surface area (Å²) in [5.74, 6) is 0.124. The fourth-order valence-corrected chi connectivity index (χ4v) is 2.98. The molecule has 0 unspecified atom stereocenters. The van der Waals surface area contributed by atoms with Crippen LogP contribution in [0.25, 0.3) is 0 Å². The maximum Gasteiger partial charge on any atom is 0.254 e. The summed E-state index contributed by atoms with van der Waals surface area (Å²) in [5.41, 5.74) is 9.85. The molecule has 0 radical (unpaired) electrons. The quantitative estimate of drug-likeness (QED) is 0.867. The lowest BCUT2D eigenvalue weighted by molar-refractivity contribution is 0.0673. The van der Waals surface area contributed by atoms with E-state index in [0.29, 0.717) is 13.1 Å². The highest BCUT2D eigenvalue weighted by atomic mass is 16.2. The third-order valence-electron chi connectivity index (χ3n) is 3.91. The number of hydrogen-bond donors (Lipinski definition) is 1. The Labute approximate surface area is 123 Å². The van der Waals surface area contributed by atoms with Crippen LogP contribution in [0.3, 0.4) is 0 Å². The first kappa shape index (κ1) is 16.7. The van der Waals surface area contributed by atoms with Gasteiger partial charge in [0, 0.05) is 24.7 Å². The summed E-state index contributed by atoms with van der Waals surface area (Å²) in [4.78, 5) is 14.9. The highest BCUT2D eigenvalue weighted by Crippen LogP contribution is 2.21. The van der Waals surface area contributed by atoms with Gasteiger partial charge in [0.25, 0.3) is 5.91 Å². The van der Waals surface area contributed by atoms with E-state index < -0.39 is 0 Å². The number of nitrogens with two attached hydrogens (primary N) is 1. The number of carbonyl (C=O) groups excluding carboxylic acids is 1.